The Morgan fingerprint density at radius 1 is 0.889 bits per heavy atom. The molecule has 0 heterocycles. The zero-order valence-corrected chi connectivity index (χ0v) is 14.3. The molecule has 3 aromatic rings. The van der Waals surface area contributed by atoms with Gasteiger partial charge in [0.2, 0.25) is 0 Å². The lowest BCUT2D eigenvalue weighted by molar-refractivity contribution is -0.137. The highest BCUT2D eigenvalue weighted by molar-refractivity contribution is 5.84. The molecular weight excluding hydrogens is 353 g/mol. The van der Waals surface area contributed by atoms with E-state index < -0.39 is 11.7 Å². The first-order valence-corrected chi connectivity index (χ1v) is 8.24. The minimum absolute atomic E-state index is 0.253. The van der Waals surface area contributed by atoms with Gasteiger partial charge in [-0.3, -0.25) is 5.43 Å². The smallest absolute Gasteiger partial charge is 0.416 e. The van der Waals surface area contributed by atoms with Gasteiger partial charge in [-0.25, -0.2) is 0 Å². The number of nitrogens with one attached hydrogen (secondary N) is 1. The van der Waals surface area contributed by atoms with Crippen LogP contribution in [0.5, 0.6) is 5.75 Å². The molecule has 0 amide bonds. The molecule has 27 heavy (non-hydrogen) atoms. The minimum Gasteiger partial charge on any atom is -0.488 e. The highest BCUT2D eigenvalue weighted by Gasteiger charge is 2.30. The molecule has 0 aromatic heterocycles. The Balaban J connectivity index is 1.67. The van der Waals surface area contributed by atoms with Gasteiger partial charge in [0.15, 0.2) is 0 Å². The summed E-state index contributed by atoms with van der Waals surface area (Å²) in [6, 6.07) is 21.9. The van der Waals surface area contributed by atoms with E-state index in [2.05, 4.69) is 10.5 Å². The topological polar surface area (TPSA) is 33.6 Å². The van der Waals surface area contributed by atoms with Gasteiger partial charge >= 0.3 is 6.18 Å². The van der Waals surface area contributed by atoms with Crippen LogP contribution in [0.2, 0.25) is 0 Å². The Morgan fingerprint density at radius 3 is 2.41 bits per heavy atom. The standard InChI is InChI=1S/C21H17F3N2O/c22-21(23,24)18-10-6-11-19(13-18)26-25-14-17-9-4-5-12-20(17)27-15-16-7-2-1-3-8-16/h1-14,26H,15H2/b25-14-. The number of halogens is 3. The number of para-hydroxylation sites is 1. The number of ether oxygens (including phenoxy) is 1. The van der Waals surface area contributed by atoms with Crippen LogP contribution in [0.4, 0.5) is 18.9 Å². The van der Waals surface area contributed by atoms with E-state index in [9.17, 15) is 13.2 Å². The maximum Gasteiger partial charge on any atom is 0.416 e. The van der Waals surface area contributed by atoms with Crippen LogP contribution in [0.1, 0.15) is 16.7 Å². The van der Waals surface area contributed by atoms with Crippen molar-refractivity contribution in [2.24, 2.45) is 5.10 Å². The van der Waals surface area contributed by atoms with Gasteiger partial charge in [-0.1, -0.05) is 48.5 Å². The quantitative estimate of drug-likeness (QED) is 0.444. The molecule has 6 heteroatoms. The van der Waals surface area contributed by atoms with Gasteiger partial charge in [0.25, 0.3) is 0 Å². The second-order valence-electron chi connectivity index (χ2n) is 5.76. The first-order valence-electron chi connectivity index (χ1n) is 8.24. The number of rotatable bonds is 6. The van der Waals surface area contributed by atoms with E-state index in [0.29, 0.717) is 17.9 Å². The van der Waals surface area contributed by atoms with Gasteiger partial charge in [-0.05, 0) is 35.9 Å². The Kier molecular flexibility index (Phi) is 5.76. The summed E-state index contributed by atoms with van der Waals surface area (Å²) in [6.07, 6.45) is -2.88. The maximum atomic E-state index is 12.7. The lowest BCUT2D eigenvalue weighted by Crippen LogP contribution is -2.05. The molecule has 3 aromatic carbocycles. The van der Waals surface area contributed by atoms with E-state index in [1.807, 2.05) is 54.6 Å². The van der Waals surface area contributed by atoms with E-state index in [1.165, 1.54) is 18.3 Å². The third-order valence-corrected chi connectivity index (χ3v) is 3.74. The van der Waals surface area contributed by atoms with Gasteiger partial charge in [0.1, 0.15) is 12.4 Å². The lowest BCUT2D eigenvalue weighted by atomic mass is 10.2. The molecule has 0 radical (unpaired) electrons. The molecule has 3 nitrogen and oxygen atoms in total. The number of hydrogen-bond donors (Lipinski definition) is 1. The van der Waals surface area contributed by atoms with Crippen molar-refractivity contribution in [3.63, 3.8) is 0 Å². The van der Waals surface area contributed by atoms with Crippen LogP contribution >= 0.6 is 0 Å². The first-order chi connectivity index (χ1) is 13.0. The van der Waals surface area contributed by atoms with Gasteiger partial charge in [0.05, 0.1) is 17.5 Å². The molecule has 0 aliphatic carbocycles. The molecule has 1 N–H and O–H groups in total. The van der Waals surface area contributed by atoms with Crippen molar-refractivity contribution < 1.29 is 17.9 Å². The van der Waals surface area contributed by atoms with Crippen LogP contribution in [0.25, 0.3) is 0 Å². The minimum atomic E-state index is -4.39. The molecule has 0 fully saturated rings. The largest absolute Gasteiger partial charge is 0.488 e. The molecule has 0 atom stereocenters. The van der Waals surface area contributed by atoms with Crippen LogP contribution in [-0.2, 0) is 12.8 Å². The zero-order chi connectivity index (χ0) is 19.1. The summed E-state index contributed by atoms with van der Waals surface area (Å²) >= 11 is 0. The predicted molar refractivity (Wildman–Crippen MR) is 99.9 cm³/mol. The van der Waals surface area contributed by atoms with E-state index in [-0.39, 0.29) is 5.69 Å². The van der Waals surface area contributed by atoms with Crippen molar-refractivity contribution in [2.45, 2.75) is 12.8 Å². The third kappa shape index (κ3) is 5.34. The normalized spacial score (nSPS) is 11.5. The number of benzene rings is 3. The molecule has 0 unspecified atom stereocenters. The van der Waals surface area contributed by atoms with Crippen molar-refractivity contribution >= 4 is 11.9 Å². The molecule has 0 spiro atoms. The predicted octanol–water partition coefficient (Wildman–Crippen LogP) is 5.73. The average molecular weight is 370 g/mol. The summed E-state index contributed by atoms with van der Waals surface area (Å²) in [6.45, 7) is 0.409. The zero-order valence-electron chi connectivity index (χ0n) is 14.3. The molecule has 0 bridgehead atoms. The summed E-state index contributed by atoms with van der Waals surface area (Å²) in [4.78, 5) is 0. The summed E-state index contributed by atoms with van der Waals surface area (Å²) in [7, 11) is 0. The Bertz CT molecular complexity index is 909. The molecule has 138 valence electrons. The highest BCUT2D eigenvalue weighted by Crippen LogP contribution is 2.30. The van der Waals surface area contributed by atoms with E-state index in [0.717, 1.165) is 17.7 Å². The summed E-state index contributed by atoms with van der Waals surface area (Å²) in [5.41, 5.74) is 3.90. The van der Waals surface area contributed by atoms with Gasteiger partial charge in [-0.2, -0.15) is 18.3 Å². The van der Waals surface area contributed by atoms with Gasteiger partial charge < -0.3 is 4.74 Å². The second kappa shape index (κ2) is 8.40. The molecule has 0 aliphatic rings. The summed E-state index contributed by atoms with van der Waals surface area (Å²) in [5.74, 6) is 0.635. The molecule has 0 saturated carbocycles. The maximum absolute atomic E-state index is 12.7. The fraction of sp³-hybridized carbons (Fsp3) is 0.0952. The Labute approximate surface area is 155 Å². The van der Waals surface area contributed by atoms with Crippen LogP contribution < -0.4 is 10.2 Å². The number of anilines is 1. The van der Waals surface area contributed by atoms with Gasteiger partial charge in [-0.15, -0.1) is 0 Å². The number of nitrogens with zero attached hydrogens (tertiary/aromatic N) is 1. The summed E-state index contributed by atoms with van der Waals surface area (Å²) in [5, 5.41) is 4.03. The van der Waals surface area contributed by atoms with E-state index in [1.54, 1.807) is 0 Å². The Hall–Kier alpha value is -3.28. The van der Waals surface area contributed by atoms with Crippen LogP contribution in [-0.4, -0.2) is 6.21 Å². The van der Waals surface area contributed by atoms with Crippen LogP contribution in [0.15, 0.2) is 84.0 Å². The summed E-state index contributed by atoms with van der Waals surface area (Å²) < 4.78 is 44.1. The van der Waals surface area contributed by atoms with Crippen molar-refractivity contribution in [1.82, 2.24) is 0 Å². The van der Waals surface area contributed by atoms with E-state index in [4.69, 9.17) is 4.74 Å². The molecular formula is C21H17F3N2O. The van der Waals surface area contributed by atoms with Crippen molar-refractivity contribution in [1.29, 1.82) is 0 Å². The first kappa shape index (κ1) is 18.5. The fourth-order valence-electron chi connectivity index (χ4n) is 2.40. The number of hydrazone groups is 1. The number of alkyl halides is 3. The molecule has 3 rings (SSSR count). The van der Waals surface area contributed by atoms with Crippen molar-refractivity contribution in [2.75, 3.05) is 5.43 Å². The average Bonchev–Trinajstić information content (AvgIpc) is 2.68. The molecule has 0 aliphatic heterocycles. The van der Waals surface area contributed by atoms with Crippen LogP contribution in [0, 0.1) is 0 Å². The SMILES string of the molecule is FC(F)(F)c1cccc(N/N=C\c2ccccc2OCc2ccccc2)c1. The van der Waals surface area contributed by atoms with Crippen molar-refractivity contribution in [3.8, 4) is 5.75 Å². The van der Waals surface area contributed by atoms with E-state index >= 15 is 0 Å². The molecule has 0 saturated heterocycles. The van der Waals surface area contributed by atoms with Crippen molar-refractivity contribution in [3.05, 3.63) is 95.6 Å². The monoisotopic (exact) mass is 370 g/mol. The Morgan fingerprint density at radius 2 is 1.63 bits per heavy atom. The third-order valence-electron chi connectivity index (χ3n) is 3.74. The lowest BCUT2D eigenvalue weighted by Gasteiger charge is -2.09. The second-order valence-corrected chi connectivity index (χ2v) is 5.76. The highest BCUT2D eigenvalue weighted by atomic mass is 19.4. The van der Waals surface area contributed by atoms with Crippen LogP contribution in [0.3, 0.4) is 0 Å². The number of hydrogen-bond acceptors (Lipinski definition) is 3. The fourth-order valence-corrected chi connectivity index (χ4v) is 2.40. The van der Waals surface area contributed by atoms with Gasteiger partial charge in [0, 0.05) is 5.56 Å².